The second-order valence-corrected chi connectivity index (χ2v) is 8.23. The van der Waals surface area contributed by atoms with Crippen LogP contribution in [0.4, 0.5) is 0 Å². The molecule has 4 aromatic rings. The lowest BCUT2D eigenvalue weighted by Crippen LogP contribution is -2.34. The normalized spacial score (nSPS) is 11.5. The van der Waals surface area contributed by atoms with Gasteiger partial charge in [-0.1, -0.05) is 66.2 Å². The number of ether oxygens (including phenoxy) is 2. The molecule has 1 N–H and O–H groups in total. The maximum atomic E-state index is 12.7. The Bertz CT molecular complexity index is 1290. The Morgan fingerprint density at radius 2 is 1.71 bits per heavy atom. The van der Waals surface area contributed by atoms with Crippen LogP contribution in [0.3, 0.4) is 0 Å². The van der Waals surface area contributed by atoms with Gasteiger partial charge in [-0.2, -0.15) is 0 Å². The number of aryl methyl sites for hydroxylation is 1. The Morgan fingerprint density at radius 1 is 1.00 bits per heavy atom. The van der Waals surface area contributed by atoms with Crippen LogP contribution in [0.5, 0.6) is 5.75 Å². The van der Waals surface area contributed by atoms with Crippen LogP contribution in [0.2, 0.25) is 5.02 Å². The summed E-state index contributed by atoms with van der Waals surface area (Å²) in [5.74, 6) is -0.0743. The fourth-order valence-electron chi connectivity index (χ4n) is 3.51. The van der Waals surface area contributed by atoms with Crippen LogP contribution in [0.25, 0.3) is 0 Å². The van der Waals surface area contributed by atoms with Crippen molar-refractivity contribution in [3.05, 3.63) is 119 Å². The van der Waals surface area contributed by atoms with Crippen LogP contribution in [0.1, 0.15) is 33.4 Å². The molecular formula is C27H24ClN3O4. The molecule has 1 amide bonds. The van der Waals surface area contributed by atoms with Crippen molar-refractivity contribution >= 4 is 23.5 Å². The Hall–Kier alpha value is -4.10. The van der Waals surface area contributed by atoms with Gasteiger partial charge in [-0.25, -0.2) is 9.78 Å². The minimum atomic E-state index is -0.653. The molecule has 0 aliphatic heterocycles. The van der Waals surface area contributed by atoms with Crippen LogP contribution in [-0.4, -0.2) is 28.0 Å². The predicted octanol–water partition coefficient (Wildman–Crippen LogP) is 4.72. The monoisotopic (exact) mass is 489 g/mol. The summed E-state index contributed by atoms with van der Waals surface area (Å²) in [6.45, 7) is -0.192. The van der Waals surface area contributed by atoms with E-state index in [1.165, 1.54) is 0 Å². The molecule has 4 rings (SSSR count). The van der Waals surface area contributed by atoms with Crippen LogP contribution in [-0.2, 0) is 23.2 Å². The molecule has 0 aliphatic carbocycles. The van der Waals surface area contributed by atoms with Crippen molar-refractivity contribution in [2.75, 3.05) is 6.61 Å². The quantitative estimate of drug-likeness (QED) is 0.344. The van der Waals surface area contributed by atoms with Gasteiger partial charge in [0.1, 0.15) is 29.8 Å². The first-order valence-corrected chi connectivity index (χ1v) is 11.3. The molecule has 0 saturated carbocycles. The number of nitrogens with one attached hydrogen (secondary N) is 1. The smallest absolute Gasteiger partial charge is 0.342 e. The predicted molar refractivity (Wildman–Crippen MR) is 132 cm³/mol. The van der Waals surface area contributed by atoms with E-state index in [4.69, 9.17) is 21.1 Å². The lowest BCUT2D eigenvalue weighted by Gasteiger charge is -2.19. The van der Waals surface area contributed by atoms with E-state index in [0.717, 1.165) is 11.1 Å². The lowest BCUT2D eigenvalue weighted by molar-refractivity contribution is -0.124. The van der Waals surface area contributed by atoms with Gasteiger partial charge in [0.2, 0.25) is 0 Å². The van der Waals surface area contributed by atoms with E-state index < -0.39 is 24.5 Å². The number of imidazole rings is 1. The molecule has 0 bridgehead atoms. The Balaban J connectivity index is 1.39. The Morgan fingerprint density at radius 3 is 2.43 bits per heavy atom. The van der Waals surface area contributed by atoms with E-state index in [9.17, 15) is 9.59 Å². The summed E-state index contributed by atoms with van der Waals surface area (Å²) in [6, 6.07) is 23.0. The summed E-state index contributed by atoms with van der Waals surface area (Å²) in [5.41, 5.74) is 2.00. The van der Waals surface area contributed by atoms with Gasteiger partial charge in [0.25, 0.3) is 5.91 Å². The zero-order valence-corrected chi connectivity index (χ0v) is 19.8. The average Bonchev–Trinajstić information content (AvgIpc) is 3.31. The minimum absolute atomic E-state index is 0.234. The molecular weight excluding hydrogens is 466 g/mol. The maximum Gasteiger partial charge on any atom is 0.342 e. The number of para-hydroxylation sites is 1. The highest BCUT2D eigenvalue weighted by atomic mass is 35.5. The van der Waals surface area contributed by atoms with Crippen molar-refractivity contribution in [2.24, 2.45) is 7.05 Å². The van der Waals surface area contributed by atoms with Gasteiger partial charge < -0.3 is 19.4 Å². The van der Waals surface area contributed by atoms with Gasteiger partial charge in [0.15, 0.2) is 6.61 Å². The number of benzene rings is 3. The molecule has 0 aliphatic rings. The van der Waals surface area contributed by atoms with Crippen molar-refractivity contribution in [1.29, 1.82) is 0 Å². The Kier molecular flexibility index (Phi) is 7.80. The second kappa shape index (κ2) is 11.4. The molecule has 7 nitrogen and oxygen atoms in total. The molecule has 1 unspecified atom stereocenters. The number of hydrogen-bond donors (Lipinski definition) is 1. The third-order valence-corrected chi connectivity index (χ3v) is 5.56. The molecule has 3 aromatic carbocycles. The number of carbonyl (C=O) groups is 2. The first kappa shape index (κ1) is 24.0. The minimum Gasteiger partial charge on any atom is -0.488 e. The second-order valence-electron chi connectivity index (χ2n) is 7.79. The summed E-state index contributed by atoms with van der Waals surface area (Å²) in [5, 5.41) is 3.54. The highest BCUT2D eigenvalue weighted by Gasteiger charge is 2.22. The van der Waals surface area contributed by atoms with Crippen LogP contribution in [0.15, 0.2) is 91.3 Å². The molecule has 0 spiro atoms. The van der Waals surface area contributed by atoms with E-state index >= 15 is 0 Å². The summed E-state index contributed by atoms with van der Waals surface area (Å²) >= 11 is 5.92. The van der Waals surface area contributed by atoms with E-state index in [1.807, 2.05) is 54.1 Å². The van der Waals surface area contributed by atoms with E-state index in [1.54, 1.807) is 48.8 Å². The number of aromatic nitrogens is 2. The number of esters is 1. The zero-order valence-electron chi connectivity index (χ0n) is 19.1. The number of hydrogen-bond acceptors (Lipinski definition) is 5. The number of nitrogens with zero attached hydrogens (tertiary/aromatic N) is 2. The molecule has 0 fully saturated rings. The molecule has 0 radical (unpaired) electrons. The number of amides is 1. The van der Waals surface area contributed by atoms with Crippen molar-refractivity contribution in [1.82, 2.24) is 14.9 Å². The van der Waals surface area contributed by atoms with Crippen molar-refractivity contribution in [2.45, 2.75) is 12.6 Å². The SMILES string of the molecule is Cn1ccnc1C(NC(=O)COC(=O)c1ccccc1OCc1ccc(Cl)cc1)c1ccccc1. The zero-order chi connectivity index (χ0) is 24.6. The van der Waals surface area contributed by atoms with E-state index in [-0.39, 0.29) is 12.2 Å². The van der Waals surface area contributed by atoms with Crippen molar-refractivity contribution < 1.29 is 19.1 Å². The van der Waals surface area contributed by atoms with Gasteiger partial charge >= 0.3 is 5.97 Å². The summed E-state index contributed by atoms with van der Waals surface area (Å²) in [7, 11) is 1.85. The number of halogens is 1. The van der Waals surface area contributed by atoms with Gasteiger partial charge in [0.05, 0.1) is 0 Å². The van der Waals surface area contributed by atoms with Gasteiger partial charge in [-0.05, 0) is 35.4 Å². The largest absolute Gasteiger partial charge is 0.488 e. The standard InChI is InChI=1S/C27H24ClN3O4/c1-31-16-15-29-26(31)25(20-7-3-2-4-8-20)30-24(32)18-35-27(33)22-9-5-6-10-23(22)34-17-19-11-13-21(28)14-12-19/h2-16,25H,17-18H2,1H3,(H,30,32). The van der Waals surface area contributed by atoms with E-state index in [2.05, 4.69) is 10.3 Å². The van der Waals surface area contributed by atoms with Gasteiger partial charge in [-0.3, -0.25) is 4.79 Å². The molecule has 1 aromatic heterocycles. The van der Waals surface area contributed by atoms with Gasteiger partial charge in [-0.15, -0.1) is 0 Å². The van der Waals surface area contributed by atoms with Gasteiger partial charge in [0, 0.05) is 24.5 Å². The molecule has 1 heterocycles. The molecule has 35 heavy (non-hydrogen) atoms. The molecule has 8 heteroatoms. The highest BCUT2D eigenvalue weighted by Crippen LogP contribution is 2.22. The lowest BCUT2D eigenvalue weighted by atomic mass is 10.1. The first-order chi connectivity index (χ1) is 17.0. The third-order valence-electron chi connectivity index (χ3n) is 5.30. The first-order valence-electron chi connectivity index (χ1n) is 11.0. The third kappa shape index (κ3) is 6.28. The molecule has 0 saturated heterocycles. The topological polar surface area (TPSA) is 82.5 Å². The van der Waals surface area contributed by atoms with Crippen LogP contribution in [0, 0.1) is 0 Å². The summed E-state index contributed by atoms with van der Waals surface area (Å²) in [4.78, 5) is 29.8. The summed E-state index contributed by atoms with van der Waals surface area (Å²) in [6.07, 6.45) is 3.47. The fraction of sp³-hybridized carbons (Fsp3) is 0.148. The van der Waals surface area contributed by atoms with Crippen molar-refractivity contribution in [3.8, 4) is 5.75 Å². The fourth-order valence-corrected chi connectivity index (χ4v) is 3.64. The van der Waals surface area contributed by atoms with E-state index in [0.29, 0.717) is 16.6 Å². The Labute approximate surface area is 208 Å². The maximum absolute atomic E-state index is 12.7. The highest BCUT2D eigenvalue weighted by molar-refractivity contribution is 6.30. The average molecular weight is 490 g/mol. The number of rotatable bonds is 9. The molecule has 1 atom stereocenters. The van der Waals surface area contributed by atoms with Crippen LogP contribution >= 0.6 is 11.6 Å². The molecule has 178 valence electrons. The van der Waals surface area contributed by atoms with Crippen LogP contribution < -0.4 is 10.1 Å². The van der Waals surface area contributed by atoms with Crippen molar-refractivity contribution in [3.63, 3.8) is 0 Å². The number of carbonyl (C=O) groups excluding carboxylic acids is 2. The summed E-state index contributed by atoms with van der Waals surface area (Å²) < 4.78 is 13.0.